The highest BCUT2D eigenvalue weighted by Gasteiger charge is 2.33. The number of benzene rings is 1. The highest BCUT2D eigenvalue weighted by Crippen LogP contribution is 2.28. The molecule has 1 unspecified atom stereocenters. The first kappa shape index (κ1) is 22.7. The molecule has 1 aromatic carbocycles. The molecule has 2 aromatic rings. The smallest absolute Gasteiger partial charge is 0.295 e. The summed E-state index contributed by atoms with van der Waals surface area (Å²) in [6, 6.07) is 6.22. The number of hydrogen-bond acceptors (Lipinski definition) is 7. The molecule has 1 amide bonds. The van der Waals surface area contributed by atoms with Crippen molar-refractivity contribution in [3.8, 4) is 11.3 Å². The van der Waals surface area contributed by atoms with Crippen LogP contribution in [-0.2, 0) is 9.53 Å². The summed E-state index contributed by atoms with van der Waals surface area (Å²) in [4.78, 5) is 27.7. The second-order valence-corrected chi connectivity index (χ2v) is 8.53. The summed E-state index contributed by atoms with van der Waals surface area (Å²) in [6.07, 6.45) is 7.26. The van der Waals surface area contributed by atoms with Gasteiger partial charge in [-0.25, -0.2) is 0 Å². The summed E-state index contributed by atoms with van der Waals surface area (Å²) in [6.45, 7) is 4.02. The first-order chi connectivity index (χ1) is 14.8. The lowest BCUT2D eigenvalue weighted by Gasteiger charge is -2.33. The number of nitrogens with one attached hydrogen (secondary N) is 2. The third-order valence-corrected chi connectivity index (χ3v) is 5.75. The molecule has 1 atom stereocenters. The largest absolute Gasteiger partial charge is 0.431 e. The zero-order chi connectivity index (χ0) is 22.4. The van der Waals surface area contributed by atoms with Gasteiger partial charge >= 0.3 is 0 Å². The Balaban J connectivity index is 1.65. The molecule has 168 valence electrons. The Morgan fingerprint density at radius 1 is 1.29 bits per heavy atom. The van der Waals surface area contributed by atoms with Gasteiger partial charge in [-0.3, -0.25) is 14.9 Å². The molecule has 2 N–H and O–H groups in total. The van der Waals surface area contributed by atoms with Gasteiger partial charge in [0.15, 0.2) is 0 Å². The first-order valence-electron chi connectivity index (χ1n) is 10.6. The molecule has 0 aliphatic heterocycles. The molecule has 3 rings (SSSR count). The Hall–Kier alpha value is -2.94. The van der Waals surface area contributed by atoms with Crippen molar-refractivity contribution >= 4 is 17.6 Å². The third-order valence-electron chi connectivity index (χ3n) is 5.75. The van der Waals surface area contributed by atoms with Crippen LogP contribution < -0.4 is 10.6 Å². The minimum absolute atomic E-state index is 0.00646. The fourth-order valence-electron chi connectivity index (χ4n) is 3.90. The predicted octanol–water partition coefficient (Wildman–Crippen LogP) is 4.15. The lowest BCUT2D eigenvalue weighted by molar-refractivity contribution is -0.384. The molecular weight excluding hydrogens is 400 g/mol. The number of ether oxygens (including phenoxy) is 1. The predicted molar refractivity (Wildman–Crippen MR) is 117 cm³/mol. The normalized spacial score (nSPS) is 16.0. The quantitative estimate of drug-likeness (QED) is 0.453. The molecule has 1 heterocycles. The molecule has 1 aliphatic carbocycles. The van der Waals surface area contributed by atoms with Crippen LogP contribution in [0.4, 0.5) is 11.7 Å². The van der Waals surface area contributed by atoms with Crippen molar-refractivity contribution in [1.29, 1.82) is 0 Å². The van der Waals surface area contributed by atoms with Crippen LogP contribution in [0.3, 0.4) is 0 Å². The number of aromatic nitrogens is 1. The molecule has 0 saturated heterocycles. The second-order valence-electron chi connectivity index (χ2n) is 8.53. The number of hydrogen-bond donors (Lipinski definition) is 2. The number of nitrogens with zero attached hydrogens (tertiary/aromatic N) is 2. The fourth-order valence-corrected chi connectivity index (χ4v) is 3.90. The van der Waals surface area contributed by atoms with E-state index in [0.717, 1.165) is 12.8 Å². The highest BCUT2D eigenvalue weighted by atomic mass is 16.6. The number of carbonyl (C=O) groups excluding carboxylic acids is 1. The van der Waals surface area contributed by atoms with Gasteiger partial charge in [0.1, 0.15) is 17.5 Å². The van der Waals surface area contributed by atoms with Crippen molar-refractivity contribution in [3.05, 3.63) is 40.6 Å². The lowest BCUT2D eigenvalue weighted by atomic mass is 9.84. The van der Waals surface area contributed by atoms with E-state index in [2.05, 4.69) is 15.6 Å². The van der Waals surface area contributed by atoms with Gasteiger partial charge in [0.05, 0.1) is 17.6 Å². The van der Waals surface area contributed by atoms with Crippen LogP contribution in [0, 0.1) is 16.0 Å². The minimum Gasteiger partial charge on any atom is -0.431 e. The van der Waals surface area contributed by atoms with E-state index in [1.54, 1.807) is 33.1 Å². The highest BCUT2D eigenvalue weighted by molar-refractivity contribution is 5.88. The molecule has 1 saturated carbocycles. The van der Waals surface area contributed by atoms with Crippen LogP contribution in [-0.4, -0.2) is 41.1 Å². The van der Waals surface area contributed by atoms with E-state index in [-0.39, 0.29) is 23.7 Å². The Morgan fingerprint density at radius 3 is 2.58 bits per heavy atom. The molecule has 9 nitrogen and oxygen atoms in total. The summed E-state index contributed by atoms with van der Waals surface area (Å²) >= 11 is 0. The van der Waals surface area contributed by atoms with Gasteiger partial charge in [-0.05, 0) is 44.7 Å². The topological polar surface area (TPSA) is 120 Å². The van der Waals surface area contributed by atoms with Crippen LogP contribution in [0.2, 0.25) is 0 Å². The molecule has 0 spiro atoms. The number of oxazole rings is 1. The molecule has 0 radical (unpaired) electrons. The van der Waals surface area contributed by atoms with E-state index < -0.39 is 10.5 Å². The van der Waals surface area contributed by atoms with E-state index in [4.69, 9.17) is 9.15 Å². The molecule has 1 fully saturated rings. The molecule has 0 bridgehead atoms. The zero-order valence-electron chi connectivity index (χ0n) is 18.2. The third kappa shape index (κ3) is 5.81. The molecule has 1 aromatic heterocycles. The number of anilines is 1. The Labute approximate surface area is 181 Å². The van der Waals surface area contributed by atoms with E-state index in [9.17, 15) is 14.9 Å². The van der Waals surface area contributed by atoms with Crippen LogP contribution in [0.1, 0.15) is 46.0 Å². The number of carbonyl (C=O) groups is 1. The maximum atomic E-state index is 13.0. The zero-order valence-corrected chi connectivity index (χ0v) is 18.2. The number of amides is 1. The maximum absolute atomic E-state index is 13.0. The van der Waals surface area contributed by atoms with E-state index in [1.807, 2.05) is 0 Å². The summed E-state index contributed by atoms with van der Waals surface area (Å²) in [5.74, 6) is 0.263. The lowest BCUT2D eigenvalue weighted by Crippen LogP contribution is -2.54. The fraction of sp³-hybridized carbons (Fsp3) is 0.545. The van der Waals surface area contributed by atoms with Gasteiger partial charge in [0.2, 0.25) is 5.91 Å². The Bertz CT molecular complexity index is 888. The van der Waals surface area contributed by atoms with Crippen molar-refractivity contribution in [1.82, 2.24) is 10.3 Å². The monoisotopic (exact) mass is 430 g/mol. The number of nitro benzene ring substituents is 1. The SMILES string of the molecule is COCC(NC(=O)C(C)(C)Nc1nc(-c2ccc([N+](=O)[O-])cc2)co1)C1CCCCC1. The molecule has 31 heavy (non-hydrogen) atoms. The maximum Gasteiger partial charge on any atom is 0.295 e. The van der Waals surface area contributed by atoms with Gasteiger partial charge in [-0.2, -0.15) is 4.98 Å². The van der Waals surface area contributed by atoms with Crippen LogP contribution in [0.25, 0.3) is 11.3 Å². The van der Waals surface area contributed by atoms with Gasteiger partial charge in [-0.15, -0.1) is 0 Å². The van der Waals surface area contributed by atoms with Crippen LogP contribution >= 0.6 is 0 Å². The second kappa shape index (κ2) is 9.91. The number of methoxy groups -OCH3 is 1. The van der Waals surface area contributed by atoms with E-state index >= 15 is 0 Å². The van der Waals surface area contributed by atoms with E-state index in [1.165, 1.54) is 37.7 Å². The first-order valence-corrected chi connectivity index (χ1v) is 10.6. The summed E-state index contributed by atoms with van der Waals surface area (Å²) in [5.41, 5.74) is 0.250. The number of nitro groups is 1. The number of non-ortho nitro benzene ring substituents is 1. The molecule has 9 heteroatoms. The van der Waals surface area contributed by atoms with Crippen LogP contribution in [0.15, 0.2) is 34.9 Å². The summed E-state index contributed by atoms with van der Waals surface area (Å²) in [7, 11) is 1.65. The van der Waals surface area contributed by atoms with Crippen molar-refractivity contribution in [2.24, 2.45) is 5.92 Å². The summed E-state index contributed by atoms with van der Waals surface area (Å²) < 4.78 is 10.8. The van der Waals surface area contributed by atoms with Gasteiger partial charge < -0.3 is 19.8 Å². The average molecular weight is 431 g/mol. The molecular formula is C22H30N4O5. The Kier molecular flexibility index (Phi) is 7.27. The van der Waals surface area contributed by atoms with Gasteiger partial charge in [0.25, 0.3) is 11.7 Å². The summed E-state index contributed by atoms with van der Waals surface area (Å²) in [5, 5.41) is 17.0. The van der Waals surface area contributed by atoms with Crippen molar-refractivity contribution in [2.75, 3.05) is 19.0 Å². The molecule has 1 aliphatic rings. The Morgan fingerprint density at radius 2 is 1.97 bits per heavy atom. The average Bonchev–Trinajstić information content (AvgIpc) is 3.21. The minimum atomic E-state index is -0.960. The van der Waals surface area contributed by atoms with Crippen LogP contribution in [0.5, 0.6) is 0 Å². The van der Waals surface area contributed by atoms with E-state index in [0.29, 0.717) is 23.8 Å². The standard InChI is InChI=1S/C22H30N4O5/c1-22(2,20(27)23-18(13-30-3)15-7-5-4-6-8-15)25-21-24-19(14-31-21)16-9-11-17(12-10-16)26(28)29/h9-12,14-15,18H,4-8,13H2,1-3H3,(H,23,27)(H,24,25). The van der Waals surface area contributed by atoms with Gasteiger partial charge in [0, 0.05) is 24.8 Å². The van der Waals surface area contributed by atoms with Crippen molar-refractivity contribution in [2.45, 2.75) is 57.5 Å². The number of rotatable bonds is 9. The van der Waals surface area contributed by atoms with Gasteiger partial charge in [-0.1, -0.05) is 19.3 Å². The van der Waals surface area contributed by atoms with Crippen molar-refractivity contribution < 1.29 is 18.9 Å². The van der Waals surface area contributed by atoms with Crippen molar-refractivity contribution in [3.63, 3.8) is 0 Å².